The SMILES string of the molecule is CC(=O)OCC=C(C)C#C[C@@]1(O)[C@@H](C)C[C@@H](O)CC1(C)C. The molecule has 4 heteroatoms. The second-order valence-electron chi connectivity index (χ2n) is 6.58. The lowest BCUT2D eigenvalue weighted by Gasteiger charge is -2.48. The van der Waals surface area contributed by atoms with E-state index in [1.165, 1.54) is 6.92 Å². The van der Waals surface area contributed by atoms with Crippen molar-refractivity contribution in [2.45, 2.75) is 59.2 Å². The third kappa shape index (κ3) is 4.33. The van der Waals surface area contributed by atoms with Crippen LogP contribution in [0.3, 0.4) is 0 Å². The van der Waals surface area contributed by atoms with Crippen LogP contribution in [-0.2, 0) is 9.53 Å². The van der Waals surface area contributed by atoms with Crippen molar-refractivity contribution < 1.29 is 19.7 Å². The van der Waals surface area contributed by atoms with Gasteiger partial charge in [0.2, 0.25) is 0 Å². The topological polar surface area (TPSA) is 66.8 Å². The molecule has 0 aromatic heterocycles. The molecular weight excluding hydrogens is 268 g/mol. The summed E-state index contributed by atoms with van der Waals surface area (Å²) in [7, 11) is 0. The Kier molecular flexibility index (Phi) is 5.61. The predicted octanol–water partition coefficient (Wildman–Crippen LogP) is 2.05. The largest absolute Gasteiger partial charge is 0.462 e. The Bertz CT molecular complexity index is 481. The number of rotatable bonds is 2. The predicted molar refractivity (Wildman–Crippen MR) is 81.3 cm³/mol. The van der Waals surface area contributed by atoms with Gasteiger partial charge in [-0.05, 0) is 37.3 Å². The van der Waals surface area contributed by atoms with E-state index in [1.807, 2.05) is 27.7 Å². The van der Waals surface area contributed by atoms with Crippen molar-refractivity contribution in [1.82, 2.24) is 0 Å². The Hall–Kier alpha value is -1.31. The van der Waals surface area contributed by atoms with E-state index in [9.17, 15) is 15.0 Å². The maximum Gasteiger partial charge on any atom is 0.302 e. The number of hydrogen-bond donors (Lipinski definition) is 2. The molecule has 4 nitrogen and oxygen atoms in total. The van der Waals surface area contributed by atoms with E-state index in [0.717, 1.165) is 5.57 Å². The summed E-state index contributed by atoms with van der Waals surface area (Å²) in [5.41, 5.74) is -0.866. The molecule has 0 radical (unpaired) electrons. The number of carbonyl (C=O) groups excluding carboxylic acids is 1. The van der Waals surface area contributed by atoms with Crippen molar-refractivity contribution in [2.75, 3.05) is 6.61 Å². The lowest BCUT2D eigenvalue weighted by Crippen LogP contribution is -2.54. The van der Waals surface area contributed by atoms with E-state index in [1.54, 1.807) is 6.08 Å². The average Bonchev–Trinajstić information content (AvgIpc) is 2.32. The van der Waals surface area contributed by atoms with Crippen molar-refractivity contribution >= 4 is 5.97 Å². The normalized spacial score (nSPS) is 32.0. The molecule has 2 N–H and O–H groups in total. The summed E-state index contributed by atoms with van der Waals surface area (Å²) in [6.45, 7) is 9.13. The molecule has 0 unspecified atom stereocenters. The van der Waals surface area contributed by atoms with E-state index in [4.69, 9.17) is 4.74 Å². The van der Waals surface area contributed by atoms with Gasteiger partial charge in [-0.25, -0.2) is 0 Å². The van der Waals surface area contributed by atoms with E-state index >= 15 is 0 Å². The molecule has 1 fully saturated rings. The highest BCUT2D eigenvalue weighted by atomic mass is 16.5. The summed E-state index contributed by atoms with van der Waals surface area (Å²) < 4.78 is 4.83. The number of aliphatic hydroxyl groups is 2. The van der Waals surface area contributed by atoms with E-state index in [2.05, 4.69) is 11.8 Å². The molecule has 1 rings (SSSR count). The molecule has 0 heterocycles. The Morgan fingerprint density at radius 1 is 1.43 bits per heavy atom. The molecular formula is C17H26O4. The van der Waals surface area contributed by atoms with Crippen LogP contribution in [0.25, 0.3) is 0 Å². The zero-order valence-corrected chi connectivity index (χ0v) is 13.6. The lowest BCUT2D eigenvalue weighted by molar-refractivity contribution is -0.139. The first-order valence-corrected chi connectivity index (χ1v) is 7.32. The van der Waals surface area contributed by atoms with Crippen LogP contribution in [0.15, 0.2) is 11.6 Å². The Morgan fingerprint density at radius 3 is 2.57 bits per heavy atom. The molecule has 118 valence electrons. The van der Waals surface area contributed by atoms with Crippen LogP contribution >= 0.6 is 0 Å². The highest BCUT2D eigenvalue weighted by Gasteiger charge is 2.51. The fourth-order valence-electron chi connectivity index (χ4n) is 2.90. The van der Waals surface area contributed by atoms with Gasteiger partial charge in [0.1, 0.15) is 12.2 Å². The lowest BCUT2D eigenvalue weighted by atomic mass is 9.60. The summed E-state index contributed by atoms with van der Waals surface area (Å²) >= 11 is 0. The first-order chi connectivity index (χ1) is 9.58. The molecule has 1 aliphatic carbocycles. The molecule has 0 bridgehead atoms. The average molecular weight is 294 g/mol. The highest BCUT2D eigenvalue weighted by molar-refractivity contribution is 5.66. The second kappa shape index (κ2) is 6.64. The number of hydrogen-bond acceptors (Lipinski definition) is 4. The van der Waals surface area contributed by atoms with Gasteiger partial charge >= 0.3 is 5.97 Å². The van der Waals surface area contributed by atoms with E-state index < -0.39 is 17.1 Å². The van der Waals surface area contributed by atoms with Crippen LogP contribution in [0.2, 0.25) is 0 Å². The number of esters is 1. The molecule has 0 aromatic rings. The van der Waals surface area contributed by atoms with Crippen molar-refractivity contribution in [1.29, 1.82) is 0 Å². The van der Waals surface area contributed by atoms with Crippen LogP contribution in [0.5, 0.6) is 0 Å². The van der Waals surface area contributed by atoms with Crippen molar-refractivity contribution in [2.24, 2.45) is 11.3 Å². The van der Waals surface area contributed by atoms with Crippen LogP contribution in [0.1, 0.15) is 47.5 Å². The Labute approximate surface area is 127 Å². The minimum Gasteiger partial charge on any atom is -0.462 e. The summed E-state index contributed by atoms with van der Waals surface area (Å²) in [5, 5.41) is 20.8. The molecule has 0 spiro atoms. The summed E-state index contributed by atoms with van der Waals surface area (Å²) in [4.78, 5) is 10.7. The number of ether oxygens (including phenoxy) is 1. The van der Waals surface area contributed by atoms with Gasteiger partial charge in [-0.2, -0.15) is 0 Å². The van der Waals surface area contributed by atoms with Gasteiger partial charge in [0.05, 0.1) is 6.10 Å². The first kappa shape index (κ1) is 17.7. The smallest absolute Gasteiger partial charge is 0.302 e. The fraction of sp³-hybridized carbons (Fsp3) is 0.706. The molecule has 3 atom stereocenters. The standard InChI is InChI=1S/C17H26O4/c1-12(7-9-21-14(3)18)6-8-17(20)13(2)10-15(19)11-16(17,4)5/h7,13,15,19-20H,9-11H2,1-5H3/t13-,15+,17+/m0/s1. The molecule has 1 aliphatic rings. The van der Waals surface area contributed by atoms with Crippen molar-refractivity contribution in [3.05, 3.63) is 11.6 Å². The van der Waals surface area contributed by atoms with E-state index in [0.29, 0.717) is 12.8 Å². The molecule has 21 heavy (non-hydrogen) atoms. The maximum absolute atomic E-state index is 11.0. The van der Waals surface area contributed by atoms with Gasteiger partial charge in [0.15, 0.2) is 0 Å². The summed E-state index contributed by atoms with van der Waals surface area (Å²) in [6, 6.07) is 0. The molecule has 0 saturated heterocycles. The number of carbonyl (C=O) groups is 1. The van der Waals surface area contributed by atoms with Gasteiger partial charge in [-0.15, -0.1) is 0 Å². The van der Waals surface area contributed by atoms with Gasteiger partial charge in [-0.1, -0.05) is 32.6 Å². The van der Waals surface area contributed by atoms with Gasteiger partial charge in [-0.3, -0.25) is 4.79 Å². The quantitative estimate of drug-likeness (QED) is 0.604. The Balaban J connectivity index is 2.89. The van der Waals surface area contributed by atoms with Gasteiger partial charge in [0, 0.05) is 12.3 Å². The summed E-state index contributed by atoms with van der Waals surface area (Å²) in [6.07, 6.45) is 2.40. The highest BCUT2D eigenvalue weighted by Crippen LogP contribution is 2.46. The van der Waals surface area contributed by atoms with Gasteiger partial charge < -0.3 is 14.9 Å². The zero-order chi connectivity index (χ0) is 16.3. The molecule has 1 saturated carbocycles. The summed E-state index contributed by atoms with van der Waals surface area (Å²) in [5.74, 6) is 5.50. The monoisotopic (exact) mass is 294 g/mol. The van der Waals surface area contributed by atoms with Crippen molar-refractivity contribution in [3.63, 3.8) is 0 Å². The van der Waals surface area contributed by atoms with E-state index in [-0.39, 0.29) is 18.5 Å². The van der Waals surface area contributed by atoms with Crippen molar-refractivity contribution in [3.8, 4) is 11.8 Å². The molecule has 0 aromatic carbocycles. The van der Waals surface area contributed by atoms with Crippen LogP contribution < -0.4 is 0 Å². The van der Waals surface area contributed by atoms with Gasteiger partial charge in [0.25, 0.3) is 0 Å². The second-order valence-corrected chi connectivity index (χ2v) is 6.58. The van der Waals surface area contributed by atoms with Crippen LogP contribution in [0, 0.1) is 23.2 Å². The van der Waals surface area contributed by atoms with Crippen LogP contribution in [-0.4, -0.2) is 34.5 Å². The number of aliphatic hydroxyl groups excluding tert-OH is 1. The third-order valence-corrected chi connectivity index (χ3v) is 4.24. The first-order valence-electron chi connectivity index (χ1n) is 7.32. The fourth-order valence-corrected chi connectivity index (χ4v) is 2.90. The molecule has 0 aliphatic heterocycles. The van der Waals surface area contributed by atoms with Crippen LogP contribution in [0.4, 0.5) is 0 Å². The minimum absolute atomic E-state index is 0.106. The maximum atomic E-state index is 11.0. The number of allylic oxidation sites excluding steroid dienone is 1. The zero-order valence-electron chi connectivity index (χ0n) is 13.6. The third-order valence-electron chi connectivity index (χ3n) is 4.24. The Morgan fingerprint density at radius 2 is 2.05 bits per heavy atom. The molecule has 0 amide bonds. The minimum atomic E-state index is -1.14.